The van der Waals surface area contributed by atoms with E-state index in [2.05, 4.69) is 10.3 Å². The molecule has 0 aromatic rings. The zero-order valence-electron chi connectivity index (χ0n) is 6.63. The third-order valence-electron chi connectivity index (χ3n) is 0.826. The largest absolute Gasteiger partial charge is 0.370 e. The highest BCUT2D eigenvalue weighted by atomic mass is 16.7. The van der Waals surface area contributed by atoms with Gasteiger partial charge in [-0.3, -0.25) is 9.63 Å². The number of hydrogen-bond donors (Lipinski definition) is 2. The Labute approximate surface area is 65.8 Å². The predicted molar refractivity (Wildman–Crippen MR) is 39.6 cm³/mol. The topological polar surface area (TPSA) is 73.6 Å². The number of carbonyl (C=O) groups is 1. The van der Waals surface area contributed by atoms with Crippen molar-refractivity contribution in [1.29, 1.82) is 0 Å². The van der Waals surface area contributed by atoms with Gasteiger partial charge in [-0.05, 0) is 6.92 Å². The molecule has 0 unspecified atom stereocenters. The Hall–Kier alpha value is -0.650. The molecular weight excluding hydrogens is 148 g/mol. The van der Waals surface area contributed by atoms with Crippen molar-refractivity contribution in [3.05, 3.63) is 0 Å². The number of amides is 1. The van der Waals surface area contributed by atoms with Gasteiger partial charge in [-0.2, -0.15) is 0 Å². The fraction of sp³-hybridized carbons (Fsp3) is 0.833. The van der Waals surface area contributed by atoms with Gasteiger partial charge in [-0.15, -0.1) is 0 Å². The minimum Gasteiger partial charge on any atom is -0.370 e. The van der Waals surface area contributed by atoms with Crippen LogP contribution in [0.4, 0.5) is 0 Å². The summed E-state index contributed by atoms with van der Waals surface area (Å²) in [6, 6.07) is 0. The number of hydroxylamine groups is 1. The smallest absolute Gasteiger partial charge is 0.269 e. The third kappa shape index (κ3) is 7.24. The van der Waals surface area contributed by atoms with Crippen LogP contribution in [0.25, 0.3) is 0 Å². The van der Waals surface area contributed by atoms with Gasteiger partial charge in [0.05, 0.1) is 13.2 Å². The number of carbonyl (C=O) groups excluding carboxylic acids is 1. The Balaban J connectivity index is 3.09. The molecule has 0 rings (SSSR count). The van der Waals surface area contributed by atoms with Gasteiger partial charge in [0.1, 0.15) is 6.61 Å². The van der Waals surface area contributed by atoms with E-state index in [-0.39, 0.29) is 12.5 Å². The number of nitrogens with two attached hydrogens (primary N) is 1. The molecule has 0 fully saturated rings. The Morgan fingerprint density at radius 3 is 2.91 bits per heavy atom. The second kappa shape index (κ2) is 7.46. The van der Waals surface area contributed by atoms with E-state index >= 15 is 0 Å². The van der Waals surface area contributed by atoms with Gasteiger partial charge in [0.2, 0.25) is 0 Å². The average molecular weight is 162 g/mol. The molecule has 0 aliphatic rings. The van der Waals surface area contributed by atoms with Crippen molar-refractivity contribution in [2.45, 2.75) is 6.92 Å². The van der Waals surface area contributed by atoms with Crippen molar-refractivity contribution in [3.63, 3.8) is 0 Å². The highest BCUT2D eigenvalue weighted by Crippen LogP contribution is 1.73. The first-order valence-electron chi connectivity index (χ1n) is 3.49. The lowest BCUT2D eigenvalue weighted by atomic mass is 10.6. The normalized spacial score (nSPS) is 9.64. The second-order valence-corrected chi connectivity index (χ2v) is 1.80. The summed E-state index contributed by atoms with van der Waals surface area (Å²) in [5.41, 5.74) is 7.31. The maximum Gasteiger partial charge on any atom is 0.269 e. The molecule has 0 spiro atoms. The Kier molecular flexibility index (Phi) is 7.02. The van der Waals surface area contributed by atoms with Crippen molar-refractivity contribution in [2.24, 2.45) is 5.73 Å². The Morgan fingerprint density at radius 1 is 1.64 bits per heavy atom. The summed E-state index contributed by atoms with van der Waals surface area (Å²) in [5, 5.41) is 0. The lowest BCUT2D eigenvalue weighted by Crippen LogP contribution is -2.28. The van der Waals surface area contributed by atoms with Crippen LogP contribution in [0.3, 0.4) is 0 Å². The molecule has 0 aromatic carbocycles. The van der Waals surface area contributed by atoms with Crippen LogP contribution in [-0.4, -0.2) is 32.3 Å². The molecule has 0 saturated carbocycles. The van der Waals surface area contributed by atoms with Crippen molar-refractivity contribution < 1.29 is 14.4 Å². The van der Waals surface area contributed by atoms with E-state index in [4.69, 9.17) is 10.5 Å². The minimum absolute atomic E-state index is 0.00278. The summed E-state index contributed by atoms with van der Waals surface area (Å²) in [4.78, 5) is 15.3. The van der Waals surface area contributed by atoms with Gasteiger partial charge in [0.25, 0.3) is 5.91 Å². The van der Waals surface area contributed by atoms with Gasteiger partial charge in [0, 0.05) is 6.54 Å². The summed E-state index contributed by atoms with van der Waals surface area (Å²) >= 11 is 0. The molecule has 3 N–H and O–H groups in total. The summed E-state index contributed by atoms with van der Waals surface area (Å²) in [5.74, 6) is -0.291. The molecule has 0 radical (unpaired) electrons. The highest BCUT2D eigenvalue weighted by Gasteiger charge is 1.98. The molecule has 66 valence electrons. The molecule has 0 aliphatic carbocycles. The molecule has 0 saturated heterocycles. The first-order valence-corrected chi connectivity index (χ1v) is 3.49. The van der Waals surface area contributed by atoms with E-state index in [0.29, 0.717) is 19.8 Å². The first-order chi connectivity index (χ1) is 5.31. The van der Waals surface area contributed by atoms with Crippen LogP contribution < -0.4 is 11.2 Å². The van der Waals surface area contributed by atoms with E-state index < -0.39 is 0 Å². The lowest BCUT2D eigenvalue weighted by Gasteiger charge is -2.03. The van der Waals surface area contributed by atoms with Gasteiger partial charge < -0.3 is 10.5 Å². The Bertz CT molecular complexity index is 108. The van der Waals surface area contributed by atoms with E-state index in [0.717, 1.165) is 0 Å². The molecule has 5 nitrogen and oxygen atoms in total. The lowest BCUT2D eigenvalue weighted by molar-refractivity contribution is -0.137. The van der Waals surface area contributed by atoms with Crippen LogP contribution in [0.15, 0.2) is 0 Å². The zero-order chi connectivity index (χ0) is 8.53. The molecule has 0 aromatic heterocycles. The number of hydrogen-bond acceptors (Lipinski definition) is 4. The minimum atomic E-state index is -0.291. The van der Waals surface area contributed by atoms with Crippen molar-refractivity contribution in [1.82, 2.24) is 5.48 Å². The maximum absolute atomic E-state index is 10.7. The van der Waals surface area contributed by atoms with Crippen LogP contribution in [0.5, 0.6) is 0 Å². The summed E-state index contributed by atoms with van der Waals surface area (Å²) in [6.45, 7) is 3.03. The van der Waals surface area contributed by atoms with Crippen molar-refractivity contribution in [2.75, 3.05) is 26.4 Å². The van der Waals surface area contributed by atoms with E-state index in [1.165, 1.54) is 0 Å². The van der Waals surface area contributed by atoms with Crippen molar-refractivity contribution in [3.8, 4) is 0 Å². The quantitative estimate of drug-likeness (QED) is 0.389. The van der Waals surface area contributed by atoms with E-state index in [9.17, 15) is 4.79 Å². The molecule has 1 amide bonds. The summed E-state index contributed by atoms with van der Waals surface area (Å²) in [6.07, 6.45) is 0. The Morgan fingerprint density at radius 2 is 2.36 bits per heavy atom. The van der Waals surface area contributed by atoms with Gasteiger partial charge >= 0.3 is 0 Å². The van der Waals surface area contributed by atoms with Crippen LogP contribution >= 0.6 is 0 Å². The molecule has 0 atom stereocenters. The second-order valence-electron chi connectivity index (χ2n) is 1.80. The molecule has 11 heavy (non-hydrogen) atoms. The van der Waals surface area contributed by atoms with Gasteiger partial charge in [-0.1, -0.05) is 0 Å². The average Bonchev–Trinajstić information content (AvgIpc) is 2.01. The fourth-order valence-corrected chi connectivity index (χ4v) is 0.430. The molecule has 0 bridgehead atoms. The van der Waals surface area contributed by atoms with Crippen molar-refractivity contribution >= 4 is 5.91 Å². The first kappa shape index (κ1) is 10.3. The number of ether oxygens (including phenoxy) is 1. The number of rotatable bonds is 6. The summed E-state index contributed by atoms with van der Waals surface area (Å²) in [7, 11) is 0. The maximum atomic E-state index is 10.7. The number of nitrogens with one attached hydrogen (secondary N) is 1. The molecule has 5 heteroatoms. The molecular formula is C6H14N2O3. The molecule has 0 aliphatic heterocycles. The zero-order valence-corrected chi connectivity index (χ0v) is 6.63. The van der Waals surface area contributed by atoms with E-state index in [1.54, 1.807) is 6.92 Å². The van der Waals surface area contributed by atoms with Crippen LogP contribution in [-0.2, 0) is 14.4 Å². The van der Waals surface area contributed by atoms with Gasteiger partial charge in [-0.25, -0.2) is 5.48 Å². The van der Waals surface area contributed by atoms with Crippen LogP contribution in [0.2, 0.25) is 0 Å². The van der Waals surface area contributed by atoms with Crippen LogP contribution in [0, 0.1) is 0 Å². The van der Waals surface area contributed by atoms with Gasteiger partial charge in [0.15, 0.2) is 0 Å². The third-order valence-corrected chi connectivity index (χ3v) is 0.826. The monoisotopic (exact) mass is 162 g/mol. The van der Waals surface area contributed by atoms with Crippen LogP contribution in [0.1, 0.15) is 6.92 Å². The summed E-state index contributed by atoms with van der Waals surface area (Å²) < 4.78 is 4.82. The SMILES string of the molecule is CCONC(=O)COCCN. The standard InChI is InChI=1S/C6H14N2O3/c1-2-11-8-6(9)5-10-4-3-7/h2-5,7H2,1H3,(H,8,9). The molecule has 0 heterocycles. The fourth-order valence-electron chi connectivity index (χ4n) is 0.430. The predicted octanol–water partition coefficient (Wildman–Crippen LogP) is -0.971. The highest BCUT2D eigenvalue weighted by molar-refractivity contribution is 5.75. The van der Waals surface area contributed by atoms with E-state index in [1.807, 2.05) is 0 Å².